The van der Waals surface area contributed by atoms with Crippen LogP contribution in [-0.4, -0.2) is 22.5 Å². The van der Waals surface area contributed by atoms with Gasteiger partial charge in [0.05, 0.1) is 21.8 Å². The van der Waals surface area contributed by atoms with E-state index in [9.17, 15) is 9.90 Å². The summed E-state index contributed by atoms with van der Waals surface area (Å²) in [4.78, 5) is 16.3. The molecule has 0 bridgehead atoms. The number of fused-ring (bicyclic) bond motifs is 1. The summed E-state index contributed by atoms with van der Waals surface area (Å²) in [6, 6.07) is 12.5. The molecule has 0 unspecified atom stereocenters. The number of benzene rings is 2. The molecule has 0 aliphatic heterocycles. The average Bonchev–Trinajstić information content (AvgIpc) is 3.02. The molecule has 3 rings (SSSR count). The second kappa shape index (κ2) is 7.08. The molecular formula is C17H15ClN2O2S. The molecule has 0 aliphatic rings. The number of nitrogens with zero attached hydrogens (tertiary/aromatic N) is 1. The van der Waals surface area contributed by atoms with Crippen LogP contribution in [0.5, 0.6) is 0 Å². The average molecular weight is 347 g/mol. The number of carbonyl (C=O) groups is 1. The Morgan fingerprint density at radius 1 is 1.30 bits per heavy atom. The number of nitrogens with one attached hydrogen (secondary N) is 1. The number of aromatic nitrogens is 1. The van der Waals surface area contributed by atoms with Gasteiger partial charge in [0.15, 0.2) is 0 Å². The molecule has 1 amide bonds. The molecule has 4 nitrogen and oxygen atoms in total. The van der Waals surface area contributed by atoms with E-state index < -0.39 is 6.10 Å². The molecule has 0 saturated carbocycles. The van der Waals surface area contributed by atoms with Gasteiger partial charge in [0.1, 0.15) is 0 Å². The van der Waals surface area contributed by atoms with E-state index in [0.717, 1.165) is 15.8 Å². The summed E-state index contributed by atoms with van der Waals surface area (Å²) < 4.78 is 0.983. The Kier molecular flexibility index (Phi) is 4.91. The van der Waals surface area contributed by atoms with E-state index in [4.69, 9.17) is 11.6 Å². The van der Waals surface area contributed by atoms with Crippen molar-refractivity contribution in [2.24, 2.45) is 0 Å². The summed E-state index contributed by atoms with van der Waals surface area (Å²) in [5.74, 6) is -0.154. The highest BCUT2D eigenvalue weighted by Gasteiger charge is 2.10. The zero-order chi connectivity index (χ0) is 16.2. The second-order valence-corrected chi connectivity index (χ2v) is 6.47. The van der Waals surface area contributed by atoms with Crippen molar-refractivity contribution in [3.05, 3.63) is 64.1 Å². The highest BCUT2D eigenvalue weighted by molar-refractivity contribution is 7.16. The van der Waals surface area contributed by atoms with Crippen molar-refractivity contribution in [2.75, 3.05) is 6.54 Å². The molecule has 2 N–H and O–H groups in total. The molecule has 0 saturated heterocycles. The van der Waals surface area contributed by atoms with Crippen LogP contribution in [0.1, 0.15) is 28.4 Å². The molecule has 0 radical (unpaired) electrons. The van der Waals surface area contributed by atoms with E-state index >= 15 is 0 Å². The summed E-state index contributed by atoms with van der Waals surface area (Å²) in [5, 5.41) is 13.5. The zero-order valence-corrected chi connectivity index (χ0v) is 13.8. The van der Waals surface area contributed by atoms with Gasteiger partial charge < -0.3 is 10.4 Å². The van der Waals surface area contributed by atoms with Gasteiger partial charge in [-0.25, -0.2) is 4.98 Å². The fraction of sp³-hybridized carbons (Fsp3) is 0.176. The Morgan fingerprint density at radius 2 is 2.17 bits per heavy atom. The normalized spacial score (nSPS) is 12.3. The molecule has 0 fully saturated rings. The summed E-state index contributed by atoms with van der Waals surface area (Å²) in [5.41, 5.74) is 3.99. The number of hydrogen-bond donors (Lipinski definition) is 2. The predicted molar refractivity (Wildman–Crippen MR) is 93.0 cm³/mol. The van der Waals surface area contributed by atoms with Crippen molar-refractivity contribution in [3.63, 3.8) is 0 Å². The number of hydrogen-bond acceptors (Lipinski definition) is 4. The largest absolute Gasteiger partial charge is 0.388 e. The van der Waals surface area contributed by atoms with E-state index in [-0.39, 0.29) is 5.91 Å². The van der Waals surface area contributed by atoms with Crippen molar-refractivity contribution < 1.29 is 9.90 Å². The number of carbonyl (C=O) groups excluding carboxylic acids is 1. The predicted octanol–water partition coefficient (Wildman–Crippen LogP) is 3.80. The molecule has 6 heteroatoms. The molecule has 0 spiro atoms. The maximum atomic E-state index is 12.2. The Balaban J connectivity index is 1.56. The molecule has 1 atom stereocenters. The van der Waals surface area contributed by atoms with Gasteiger partial charge >= 0.3 is 0 Å². The minimum atomic E-state index is -0.655. The molecule has 1 aromatic heterocycles. The lowest BCUT2D eigenvalue weighted by Gasteiger charge is -2.12. The molecule has 2 aromatic carbocycles. The van der Waals surface area contributed by atoms with Gasteiger partial charge in [-0.15, -0.1) is 11.3 Å². The third-order valence-electron chi connectivity index (χ3n) is 3.53. The first-order valence-electron chi connectivity index (χ1n) is 7.18. The van der Waals surface area contributed by atoms with Crippen LogP contribution in [0.3, 0.4) is 0 Å². The van der Waals surface area contributed by atoms with E-state index in [2.05, 4.69) is 10.3 Å². The molecule has 118 valence electrons. The fourth-order valence-corrected chi connectivity index (χ4v) is 3.22. The fourth-order valence-electron chi connectivity index (χ4n) is 2.30. The Labute approximate surface area is 142 Å². The third kappa shape index (κ3) is 3.88. The van der Waals surface area contributed by atoms with Gasteiger partial charge in [-0.05, 0) is 42.3 Å². The number of aliphatic hydroxyl groups is 1. The van der Waals surface area contributed by atoms with Crippen LogP contribution in [0.15, 0.2) is 48.0 Å². The molecule has 1 heterocycles. The number of aliphatic hydroxyl groups excluding tert-OH is 1. The smallest absolute Gasteiger partial charge is 0.251 e. The lowest BCUT2D eigenvalue weighted by molar-refractivity contribution is 0.0943. The van der Waals surface area contributed by atoms with Gasteiger partial charge in [-0.1, -0.05) is 23.7 Å². The molecule has 0 aliphatic carbocycles. The van der Waals surface area contributed by atoms with Crippen LogP contribution in [0, 0.1) is 0 Å². The first-order valence-corrected chi connectivity index (χ1v) is 8.44. The standard InChI is InChI=1S/C17H15ClN2O2S/c18-13-3-1-2-11(8-13)15(21)6-7-19-17(22)12-4-5-14-16(9-12)23-10-20-14/h1-5,8-10,15,21H,6-7H2,(H,19,22)/t15-/m0/s1. The van der Waals surface area contributed by atoms with Gasteiger partial charge in [-0.2, -0.15) is 0 Å². The maximum Gasteiger partial charge on any atom is 0.251 e. The SMILES string of the molecule is O=C(NCC[C@H](O)c1cccc(Cl)c1)c1ccc2ncsc2c1. The molecule has 3 aromatic rings. The summed E-state index contributed by atoms with van der Waals surface area (Å²) >= 11 is 7.41. The Hall–Kier alpha value is -1.95. The van der Waals surface area contributed by atoms with Crippen molar-refractivity contribution in [1.29, 1.82) is 0 Å². The second-order valence-electron chi connectivity index (χ2n) is 5.15. The van der Waals surface area contributed by atoms with Crippen molar-refractivity contribution in [3.8, 4) is 0 Å². The zero-order valence-electron chi connectivity index (χ0n) is 12.2. The van der Waals surface area contributed by atoms with Gasteiger partial charge in [0.2, 0.25) is 0 Å². The van der Waals surface area contributed by atoms with Crippen molar-refractivity contribution in [2.45, 2.75) is 12.5 Å². The molecule has 23 heavy (non-hydrogen) atoms. The Morgan fingerprint density at radius 3 is 3.00 bits per heavy atom. The monoisotopic (exact) mass is 346 g/mol. The van der Waals surface area contributed by atoms with Crippen LogP contribution in [0.2, 0.25) is 5.02 Å². The number of halogens is 1. The third-order valence-corrected chi connectivity index (χ3v) is 4.56. The van der Waals surface area contributed by atoms with Gasteiger partial charge in [0.25, 0.3) is 5.91 Å². The van der Waals surface area contributed by atoms with Crippen LogP contribution < -0.4 is 5.32 Å². The summed E-state index contributed by atoms with van der Waals surface area (Å²) in [6.07, 6.45) is -0.229. The van der Waals surface area contributed by atoms with E-state index in [1.165, 1.54) is 11.3 Å². The summed E-state index contributed by atoms with van der Waals surface area (Å²) in [7, 11) is 0. The van der Waals surface area contributed by atoms with Gasteiger partial charge in [-0.3, -0.25) is 4.79 Å². The topological polar surface area (TPSA) is 62.2 Å². The van der Waals surface area contributed by atoms with Crippen LogP contribution in [-0.2, 0) is 0 Å². The minimum absolute atomic E-state index is 0.154. The van der Waals surface area contributed by atoms with E-state index in [1.807, 2.05) is 18.2 Å². The van der Waals surface area contributed by atoms with Gasteiger partial charge in [0, 0.05) is 17.1 Å². The van der Waals surface area contributed by atoms with Crippen molar-refractivity contribution in [1.82, 2.24) is 10.3 Å². The molecular weight excluding hydrogens is 332 g/mol. The van der Waals surface area contributed by atoms with E-state index in [1.54, 1.807) is 29.8 Å². The number of rotatable bonds is 5. The Bertz CT molecular complexity index is 834. The number of amides is 1. The van der Waals surface area contributed by atoms with Crippen molar-refractivity contribution >= 4 is 39.1 Å². The minimum Gasteiger partial charge on any atom is -0.388 e. The van der Waals surface area contributed by atoms with E-state index in [0.29, 0.717) is 23.6 Å². The van der Waals surface area contributed by atoms with Crippen LogP contribution in [0.4, 0.5) is 0 Å². The highest BCUT2D eigenvalue weighted by atomic mass is 35.5. The first-order chi connectivity index (χ1) is 11.1. The van der Waals surface area contributed by atoms with Crippen LogP contribution in [0.25, 0.3) is 10.2 Å². The lowest BCUT2D eigenvalue weighted by atomic mass is 10.1. The van der Waals surface area contributed by atoms with Crippen LogP contribution >= 0.6 is 22.9 Å². The highest BCUT2D eigenvalue weighted by Crippen LogP contribution is 2.21. The summed E-state index contributed by atoms with van der Waals surface area (Å²) in [6.45, 7) is 0.382. The quantitative estimate of drug-likeness (QED) is 0.738. The lowest BCUT2D eigenvalue weighted by Crippen LogP contribution is -2.25. The number of thiazole rings is 1. The maximum absolute atomic E-state index is 12.2. The first kappa shape index (κ1) is 15.9.